The van der Waals surface area contributed by atoms with E-state index in [4.69, 9.17) is 39.5 Å². The molecular formula is C10H7Cl3O3. The number of benzene rings is 1. The predicted molar refractivity (Wildman–Crippen MR) is 61.8 cm³/mol. The van der Waals surface area contributed by atoms with Crippen LogP contribution in [-0.2, 0) is 14.3 Å². The van der Waals surface area contributed by atoms with Crippen molar-refractivity contribution >= 4 is 46.0 Å². The molecule has 0 aromatic heterocycles. The molecule has 1 atom stereocenters. The molecular weight excluding hydrogens is 274 g/mol. The summed E-state index contributed by atoms with van der Waals surface area (Å²) in [6.07, 6.45) is -1.20. The van der Waals surface area contributed by atoms with Crippen molar-refractivity contribution in [2.24, 2.45) is 0 Å². The van der Waals surface area contributed by atoms with Crippen LogP contribution in [0.1, 0.15) is 18.6 Å². The van der Waals surface area contributed by atoms with Crippen LogP contribution in [0.3, 0.4) is 0 Å². The minimum atomic E-state index is -1.20. The van der Waals surface area contributed by atoms with Crippen LogP contribution in [0.4, 0.5) is 0 Å². The molecule has 0 saturated heterocycles. The van der Waals surface area contributed by atoms with Gasteiger partial charge in [0.05, 0.1) is 0 Å². The van der Waals surface area contributed by atoms with Gasteiger partial charge in [0.25, 0.3) is 5.24 Å². The minimum Gasteiger partial charge on any atom is -0.448 e. The van der Waals surface area contributed by atoms with Gasteiger partial charge in [0.2, 0.25) is 6.10 Å². The largest absolute Gasteiger partial charge is 0.448 e. The lowest BCUT2D eigenvalue weighted by molar-refractivity contribution is -0.150. The zero-order valence-corrected chi connectivity index (χ0v) is 10.4. The van der Waals surface area contributed by atoms with Gasteiger partial charge in [-0.1, -0.05) is 29.3 Å². The third-order valence-electron chi connectivity index (χ3n) is 1.73. The number of hydrogen-bond donors (Lipinski definition) is 0. The molecule has 1 rings (SSSR count). The highest BCUT2D eigenvalue weighted by molar-refractivity contribution is 6.64. The number of hydrogen-bond acceptors (Lipinski definition) is 3. The number of carbonyl (C=O) groups excluding carboxylic acids is 2. The summed E-state index contributed by atoms with van der Waals surface area (Å²) in [7, 11) is 0. The average molecular weight is 282 g/mol. The van der Waals surface area contributed by atoms with Crippen LogP contribution in [-0.4, -0.2) is 11.2 Å². The minimum absolute atomic E-state index is 0.216. The number of esters is 1. The molecule has 0 radical (unpaired) electrons. The molecule has 0 aliphatic carbocycles. The van der Waals surface area contributed by atoms with Crippen LogP contribution in [0.5, 0.6) is 0 Å². The number of carbonyl (C=O) groups is 2. The summed E-state index contributed by atoms with van der Waals surface area (Å²) in [6.45, 7) is 1.18. The van der Waals surface area contributed by atoms with E-state index < -0.39 is 17.3 Å². The van der Waals surface area contributed by atoms with Crippen LogP contribution in [0.15, 0.2) is 18.2 Å². The van der Waals surface area contributed by atoms with E-state index in [2.05, 4.69) is 0 Å². The zero-order chi connectivity index (χ0) is 12.3. The van der Waals surface area contributed by atoms with Gasteiger partial charge < -0.3 is 4.74 Å². The number of rotatable bonds is 3. The van der Waals surface area contributed by atoms with Crippen LogP contribution >= 0.6 is 34.8 Å². The summed E-state index contributed by atoms with van der Waals surface area (Å²) >= 11 is 16.9. The van der Waals surface area contributed by atoms with Crippen molar-refractivity contribution in [3.63, 3.8) is 0 Å². The van der Waals surface area contributed by atoms with Gasteiger partial charge in [0.15, 0.2) is 0 Å². The maximum absolute atomic E-state index is 11.1. The molecule has 3 nitrogen and oxygen atoms in total. The first kappa shape index (κ1) is 13.3. The van der Waals surface area contributed by atoms with E-state index in [-0.39, 0.29) is 5.02 Å². The van der Waals surface area contributed by atoms with E-state index in [1.165, 1.54) is 25.1 Å². The Morgan fingerprint density at radius 2 is 1.94 bits per heavy atom. The molecule has 0 heterocycles. The molecule has 0 aliphatic rings. The normalized spacial score (nSPS) is 12.0. The second-order valence-corrected chi connectivity index (χ2v) is 4.18. The quantitative estimate of drug-likeness (QED) is 0.630. The fraction of sp³-hybridized carbons (Fsp3) is 0.200. The molecule has 0 spiro atoms. The first-order valence-corrected chi connectivity index (χ1v) is 5.36. The van der Waals surface area contributed by atoms with E-state index >= 15 is 0 Å². The third kappa shape index (κ3) is 3.37. The van der Waals surface area contributed by atoms with Crippen LogP contribution in [0, 0.1) is 0 Å². The molecule has 16 heavy (non-hydrogen) atoms. The van der Waals surface area contributed by atoms with Gasteiger partial charge in [0.1, 0.15) is 0 Å². The molecule has 1 unspecified atom stereocenters. The lowest BCUT2D eigenvalue weighted by Gasteiger charge is -2.14. The highest BCUT2D eigenvalue weighted by Crippen LogP contribution is 2.29. The van der Waals surface area contributed by atoms with E-state index in [9.17, 15) is 9.59 Å². The van der Waals surface area contributed by atoms with Gasteiger partial charge in [-0.05, 0) is 23.7 Å². The first-order chi connectivity index (χ1) is 7.41. The maximum Gasteiger partial charge on any atom is 0.303 e. The molecule has 0 amide bonds. The summed E-state index contributed by atoms with van der Waals surface area (Å²) in [6, 6.07) is 4.45. The van der Waals surface area contributed by atoms with E-state index in [0.717, 1.165) is 0 Å². The second kappa shape index (κ2) is 5.53. The Kier molecular flexibility index (Phi) is 4.59. The molecule has 86 valence electrons. The van der Waals surface area contributed by atoms with Crippen LogP contribution in [0.25, 0.3) is 0 Å². The Balaban J connectivity index is 3.10. The van der Waals surface area contributed by atoms with E-state index in [1.54, 1.807) is 0 Å². The molecule has 0 bridgehead atoms. The van der Waals surface area contributed by atoms with E-state index in [0.29, 0.717) is 10.6 Å². The Morgan fingerprint density at radius 3 is 2.38 bits per heavy atom. The Labute approximate surface area is 107 Å². The Bertz CT molecular complexity index is 431. The van der Waals surface area contributed by atoms with Gasteiger partial charge in [-0.3, -0.25) is 9.59 Å². The lowest BCUT2D eigenvalue weighted by atomic mass is 10.1. The summed E-state index contributed by atoms with van der Waals surface area (Å²) in [5, 5.41) is -0.190. The van der Waals surface area contributed by atoms with Gasteiger partial charge in [0, 0.05) is 22.5 Å². The Morgan fingerprint density at radius 1 is 1.31 bits per heavy atom. The van der Waals surface area contributed by atoms with Crippen LogP contribution in [0.2, 0.25) is 10.0 Å². The molecule has 1 aromatic carbocycles. The predicted octanol–water partition coefficient (Wildman–Crippen LogP) is 3.36. The van der Waals surface area contributed by atoms with Crippen molar-refractivity contribution in [1.82, 2.24) is 0 Å². The van der Waals surface area contributed by atoms with Gasteiger partial charge in [-0.25, -0.2) is 0 Å². The van der Waals surface area contributed by atoms with E-state index in [1.807, 2.05) is 0 Å². The van der Waals surface area contributed by atoms with Crippen molar-refractivity contribution < 1.29 is 14.3 Å². The molecule has 0 saturated carbocycles. The lowest BCUT2D eigenvalue weighted by Crippen LogP contribution is -2.14. The molecule has 6 heteroatoms. The van der Waals surface area contributed by atoms with Crippen molar-refractivity contribution in [2.75, 3.05) is 0 Å². The maximum atomic E-state index is 11.1. The fourth-order valence-electron chi connectivity index (χ4n) is 1.11. The molecule has 1 aromatic rings. The summed E-state index contributed by atoms with van der Waals surface area (Å²) in [4.78, 5) is 21.9. The van der Waals surface area contributed by atoms with Gasteiger partial charge in [-0.2, -0.15) is 0 Å². The summed E-state index contributed by atoms with van der Waals surface area (Å²) < 4.78 is 4.77. The summed E-state index contributed by atoms with van der Waals surface area (Å²) in [5.41, 5.74) is 0.307. The highest BCUT2D eigenvalue weighted by atomic mass is 35.5. The van der Waals surface area contributed by atoms with Crippen molar-refractivity contribution in [3.05, 3.63) is 33.8 Å². The number of halogens is 3. The Hall–Kier alpha value is -0.770. The number of ether oxygens (including phenoxy) is 1. The fourth-order valence-corrected chi connectivity index (χ4v) is 1.78. The van der Waals surface area contributed by atoms with Crippen LogP contribution < -0.4 is 0 Å². The molecule has 0 N–H and O–H groups in total. The van der Waals surface area contributed by atoms with Crippen molar-refractivity contribution in [1.29, 1.82) is 0 Å². The van der Waals surface area contributed by atoms with Gasteiger partial charge in [-0.15, -0.1) is 0 Å². The van der Waals surface area contributed by atoms with Crippen molar-refractivity contribution in [2.45, 2.75) is 13.0 Å². The SMILES string of the molecule is CC(=O)OC(C(=O)Cl)c1ccc(Cl)cc1Cl. The highest BCUT2D eigenvalue weighted by Gasteiger charge is 2.24. The third-order valence-corrected chi connectivity index (χ3v) is 2.50. The monoisotopic (exact) mass is 280 g/mol. The smallest absolute Gasteiger partial charge is 0.303 e. The zero-order valence-electron chi connectivity index (χ0n) is 8.17. The average Bonchev–Trinajstić information content (AvgIpc) is 2.14. The van der Waals surface area contributed by atoms with Gasteiger partial charge >= 0.3 is 5.97 Å². The topological polar surface area (TPSA) is 43.4 Å². The molecule has 0 aliphatic heterocycles. The van der Waals surface area contributed by atoms with Crippen molar-refractivity contribution in [3.8, 4) is 0 Å². The first-order valence-electron chi connectivity index (χ1n) is 4.23. The second-order valence-electron chi connectivity index (χ2n) is 2.96. The standard InChI is InChI=1S/C10H7Cl3O3/c1-5(14)16-9(10(13)15)7-3-2-6(11)4-8(7)12/h2-4,9H,1H3. The summed E-state index contributed by atoms with van der Waals surface area (Å²) in [5.74, 6) is -0.620. The molecule has 0 fully saturated rings.